The highest BCUT2D eigenvalue weighted by Crippen LogP contribution is 2.34. The van der Waals surface area contributed by atoms with Gasteiger partial charge in [0.1, 0.15) is 6.10 Å². The molecule has 0 aromatic carbocycles. The molecule has 3 heterocycles. The maximum atomic E-state index is 13.0. The van der Waals surface area contributed by atoms with E-state index in [1.807, 2.05) is 11.0 Å². The Kier molecular flexibility index (Phi) is 3.95. The molecule has 1 N–H and O–H groups in total. The van der Waals surface area contributed by atoms with Gasteiger partial charge in [-0.25, -0.2) is 0 Å². The average Bonchev–Trinajstić information content (AvgIpc) is 3.23. The van der Waals surface area contributed by atoms with E-state index in [2.05, 4.69) is 22.5 Å². The third-order valence-electron chi connectivity index (χ3n) is 4.85. The van der Waals surface area contributed by atoms with Crippen molar-refractivity contribution in [3.63, 3.8) is 0 Å². The Hall–Kier alpha value is -1.66. The van der Waals surface area contributed by atoms with Crippen molar-refractivity contribution in [3.8, 4) is 0 Å². The number of aromatic nitrogens is 2. The van der Waals surface area contributed by atoms with Gasteiger partial charge in [0.05, 0.1) is 24.4 Å². The number of H-pyrrole nitrogens is 1. The van der Waals surface area contributed by atoms with E-state index in [1.165, 1.54) is 16.9 Å². The standard InChI is InChI=1S/C17H21N3O2S/c1-11-2-3-12-13(10-23-16(12)8-11)17(21)20-6-7-22-15(9-20)14-4-5-18-19-14/h4-5,10-11,15H,2-3,6-9H2,1H3,(H,18,19). The molecule has 6 heteroatoms. The summed E-state index contributed by atoms with van der Waals surface area (Å²) in [6.45, 7) is 4.10. The molecular formula is C17H21N3O2S. The average molecular weight is 331 g/mol. The lowest BCUT2D eigenvalue weighted by Crippen LogP contribution is -2.42. The van der Waals surface area contributed by atoms with E-state index in [1.54, 1.807) is 17.5 Å². The van der Waals surface area contributed by atoms with Crippen molar-refractivity contribution >= 4 is 17.2 Å². The van der Waals surface area contributed by atoms with Gasteiger partial charge in [0.2, 0.25) is 0 Å². The molecule has 2 aliphatic rings. The van der Waals surface area contributed by atoms with Crippen molar-refractivity contribution in [2.45, 2.75) is 32.3 Å². The van der Waals surface area contributed by atoms with Gasteiger partial charge in [-0.3, -0.25) is 9.89 Å². The number of hydrogen-bond acceptors (Lipinski definition) is 4. The topological polar surface area (TPSA) is 58.2 Å². The number of rotatable bonds is 2. The van der Waals surface area contributed by atoms with E-state index in [4.69, 9.17) is 4.74 Å². The predicted octanol–water partition coefficient (Wildman–Crippen LogP) is 2.81. The van der Waals surface area contributed by atoms with Crippen LogP contribution >= 0.6 is 11.3 Å². The molecule has 23 heavy (non-hydrogen) atoms. The van der Waals surface area contributed by atoms with Gasteiger partial charge < -0.3 is 9.64 Å². The Labute approximate surface area is 139 Å². The van der Waals surface area contributed by atoms with Crippen molar-refractivity contribution < 1.29 is 9.53 Å². The van der Waals surface area contributed by atoms with E-state index in [0.717, 1.165) is 30.0 Å². The van der Waals surface area contributed by atoms with E-state index < -0.39 is 0 Å². The number of aromatic amines is 1. The fourth-order valence-corrected chi connectivity index (χ4v) is 4.73. The molecule has 1 fully saturated rings. The maximum Gasteiger partial charge on any atom is 0.255 e. The first-order valence-electron chi connectivity index (χ1n) is 8.21. The summed E-state index contributed by atoms with van der Waals surface area (Å²) in [5, 5.41) is 8.98. The van der Waals surface area contributed by atoms with Crippen molar-refractivity contribution in [3.05, 3.63) is 39.3 Å². The summed E-state index contributed by atoms with van der Waals surface area (Å²) in [5.41, 5.74) is 3.15. The Morgan fingerprint density at radius 1 is 1.52 bits per heavy atom. The second-order valence-electron chi connectivity index (χ2n) is 6.52. The molecule has 0 bridgehead atoms. The molecule has 2 unspecified atom stereocenters. The Morgan fingerprint density at radius 3 is 3.26 bits per heavy atom. The number of carbonyl (C=O) groups excluding carboxylic acids is 1. The fraction of sp³-hybridized carbons (Fsp3) is 0.529. The zero-order valence-corrected chi connectivity index (χ0v) is 14.1. The Balaban J connectivity index is 1.53. The third kappa shape index (κ3) is 2.81. The molecule has 0 spiro atoms. The van der Waals surface area contributed by atoms with Gasteiger partial charge in [-0.1, -0.05) is 6.92 Å². The molecule has 0 saturated carbocycles. The minimum Gasteiger partial charge on any atom is -0.368 e. The van der Waals surface area contributed by atoms with Gasteiger partial charge in [0, 0.05) is 23.0 Å². The van der Waals surface area contributed by atoms with Gasteiger partial charge in [0.15, 0.2) is 0 Å². The summed E-state index contributed by atoms with van der Waals surface area (Å²) in [6, 6.07) is 1.91. The second-order valence-corrected chi connectivity index (χ2v) is 7.49. The van der Waals surface area contributed by atoms with E-state index in [9.17, 15) is 4.79 Å². The van der Waals surface area contributed by atoms with Crippen LogP contribution in [0.25, 0.3) is 0 Å². The molecule has 5 nitrogen and oxygen atoms in total. The first-order chi connectivity index (χ1) is 11.2. The fourth-order valence-electron chi connectivity index (χ4n) is 3.49. The SMILES string of the molecule is CC1CCc2c(C(=O)N3CCOC(c4ccn[nH]4)C3)csc2C1. The summed E-state index contributed by atoms with van der Waals surface area (Å²) in [6.07, 6.45) is 4.95. The van der Waals surface area contributed by atoms with Crippen molar-refractivity contribution in [1.29, 1.82) is 0 Å². The number of nitrogens with zero attached hydrogens (tertiary/aromatic N) is 2. The molecule has 4 rings (SSSR count). The number of thiophene rings is 1. The zero-order valence-electron chi connectivity index (χ0n) is 13.2. The number of morpholine rings is 1. The van der Waals surface area contributed by atoms with Crippen LogP contribution in [-0.4, -0.2) is 40.7 Å². The number of ether oxygens (including phenoxy) is 1. The van der Waals surface area contributed by atoms with Gasteiger partial charge in [-0.05, 0) is 36.8 Å². The van der Waals surface area contributed by atoms with Crippen LogP contribution < -0.4 is 0 Å². The van der Waals surface area contributed by atoms with Crippen LogP contribution in [0.1, 0.15) is 45.9 Å². The molecule has 1 aliphatic carbocycles. The summed E-state index contributed by atoms with van der Waals surface area (Å²) >= 11 is 1.75. The number of hydrogen-bond donors (Lipinski definition) is 1. The van der Waals surface area contributed by atoms with Crippen LogP contribution in [0.2, 0.25) is 0 Å². The lowest BCUT2D eigenvalue weighted by molar-refractivity contribution is -0.0247. The lowest BCUT2D eigenvalue weighted by atomic mass is 9.88. The number of fused-ring (bicyclic) bond motifs is 1. The van der Waals surface area contributed by atoms with E-state index in [-0.39, 0.29) is 12.0 Å². The highest BCUT2D eigenvalue weighted by atomic mass is 32.1. The number of nitrogens with one attached hydrogen (secondary N) is 1. The predicted molar refractivity (Wildman–Crippen MR) is 88.7 cm³/mol. The van der Waals surface area contributed by atoms with Crippen molar-refractivity contribution in [2.24, 2.45) is 5.92 Å². The minimum atomic E-state index is -0.107. The molecule has 2 atom stereocenters. The Bertz CT molecular complexity index is 695. The van der Waals surface area contributed by atoms with Crippen LogP contribution in [0.4, 0.5) is 0 Å². The normalized spacial score (nSPS) is 24.5. The zero-order chi connectivity index (χ0) is 15.8. The second kappa shape index (κ2) is 6.09. The maximum absolute atomic E-state index is 13.0. The van der Waals surface area contributed by atoms with Gasteiger partial charge in [0.25, 0.3) is 5.91 Å². The highest BCUT2D eigenvalue weighted by Gasteiger charge is 2.30. The van der Waals surface area contributed by atoms with Crippen molar-refractivity contribution in [2.75, 3.05) is 19.7 Å². The molecular weight excluding hydrogens is 310 g/mol. The van der Waals surface area contributed by atoms with Gasteiger partial charge >= 0.3 is 0 Å². The molecule has 122 valence electrons. The smallest absolute Gasteiger partial charge is 0.255 e. The molecule has 2 aromatic rings. The van der Waals surface area contributed by atoms with E-state index in [0.29, 0.717) is 19.7 Å². The molecule has 0 radical (unpaired) electrons. The van der Waals surface area contributed by atoms with Gasteiger partial charge in [-0.15, -0.1) is 11.3 Å². The van der Waals surface area contributed by atoms with Crippen LogP contribution in [0.5, 0.6) is 0 Å². The van der Waals surface area contributed by atoms with Crippen LogP contribution in [0.15, 0.2) is 17.6 Å². The molecule has 1 saturated heterocycles. The largest absolute Gasteiger partial charge is 0.368 e. The molecule has 2 aromatic heterocycles. The first-order valence-corrected chi connectivity index (χ1v) is 9.09. The molecule has 1 amide bonds. The highest BCUT2D eigenvalue weighted by molar-refractivity contribution is 7.10. The number of carbonyl (C=O) groups is 1. The number of amides is 1. The lowest BCUT2D eigenvalue weighted by Gasteiger charge is -2.32. The third-order valence-corrected chi connectivity index (χ3v) is 5.91. The minimum absolute atomic E-state index is 0.107. The van der Waals surface area contributed by atoms with Crippen LogP contribution in [-0.2, 0) is 17.6 Å². The summed E-state index contributed by atoms with van der Waals surface area (Å²) in [7, 11) is 0. The van der Waals surface area contributed by atoms with Crippen LogP contribution in [0, 0.1) is 5.92 Å². The van der Waals surface area contributed by atoms with Crippen molar-refractivity contribution in [1.82, 2.24) is 15.1 Å². The molecule has 1 aliphatic heterocycles. The monoisotopic (exact) mass is 331 g/mol. The summed E-state index contributed by atoms with van der Waals surface area (Å²) in [5.74, 6) is 0.891. The quantitative estimate of drug-likeness (QED) is 0.920. The van der Waals surface area contributed by atoms with E-state index >= 15 is 0 Å². The van der Waals surface area contributed by atoms with Crippen LogP contribution in [0.3, 0.4) is 0 Å². The van der Waals surface area contributed by atoms with Gasteiger partial charge in [-0.2, -0.15) is 5.10 Å². The Morgan fingerprint density at radius 2 is 2.43 bits per heavy atom. The summed E-state index contributed by atoms with van der Waals surface area (Å²) < 4.78 is 5.78. The first kappa shape index (κ1) is 14.9. The summed E-state index contributed by atoms with van der Waals surface area (Å²) in [4.78, 5) is 16.3.